The molecular formula is C9H14. The molecule has 0 heterocycles. The summed E-state index contributed by atoms with van der Waals surface area (Å²) in [7, 11) is 0. The van der Waals surface area contributed by atoms with Crippen LogP contribution in [0.15, 0.2) is 12.2 Å². The van der Waals surface area contributed by atoms with E-state index in [0.29, 0.717) is 5.41 Å². The Labute approximate surface area is 57.0 Å². The lowest BCUT2D eigenvalue weighted by Crippen LogP contribution is -2.45. The molecule has 1 saturated carbocycles. The summed E-state index contributed by atoms with van der Waals surface area (Å²) >= 11 is 0. The van der Waals surface area contributed by atoms with E-state index in [1.165, 1.54) is 12.8 Å². The summed E-state index contributed by atoms with van der Waals surface area (Å²) in [4.78, 5) is 0. The molecule has 50 valence electrons. The van der Waals surface area contributed by atoms with Crippen LogP contribution in [0, 0.1) is 17.3 Å². The van der Waals surface area contributed by atoms with Crippen LogP contribution in [-0.4, -0.2) is 0 Å². The standard InChI is InChI=1S/C9H14/c1-9(2)7-4-3-5-8(9)6-7/h3-4,7-8H,5-6H2,1-2H3/t7-,8?/m1/s1. The summed E-state index contributed by atoms with van der Waals surface area (Å²) in [6, 6.07) is 0. The van der Waals surface area contributed by atoms with Crippen molar-refractivity contribution in [3.63, 3.8) is 0 Å². The highest BCUT2D eigenvalue weighted by Crippen LogP contribution is 2.56. The summed E-state index contributed by atoms with van der Waals surface area (Å²) < 4.78 is 0. The van der Waals surface area contributed by atoms with E-state index >= 15 is 0 Å². The highest BCUT2D eigenvalue weighted by molar-refractivity contribution is 5.12. The summed E-state index contributed by atoms with van der Waals surface area (Å²) in [6.45, 7) is 4.80. The van der Waals surface area contributed by atoms with Gasteiger partial charge in [0.15, 0.2) is 0 Å². The molecule has 0 aromatic rings. The molecule has 0 aliphatic heterocycles. The van der Waals surface area contributed by atoms with Crippen molar-refractivity contribution in [3.05, 3.63) is 12.2 Å². The van der Waals surface area contributed by atoms with Crippen molar-refractivity contribution >= 4 is 0 Å². The van der Waals surface area contributed by atoms with Crippen LogP contribution in [0.5, 0.6) is 0 Å². The fourth-order valence-corrected chi connectivity index (χ4v) is 2.19. The second-order valence-electron chi connectivity index (χ2n) is 4.02. The Kier molecular flexibility index (Phi) is 0.870. The predicted molar refractivity (Wildman–Crippen MR) is 39.1 cm³/mol. The molecule has 0 amide bonds. The van der Waals surface area contributed by atoms with Gasteiger partial charge in [-0.25, -0.2) is 0 Å². The molecule has 0 N–H and O–H groups in total. The summed E-state index contributed by atoms with van der Waals surface area (Å²) in [5, 5.41) is 0. The Bertz CT molecular complexity index is 153. The molecule has 0 radical (unpaired) electrons. The Morgan fingerprint density at radius 3 is 2.44 bits per heavy atom. The molecule has 2 bridgehead atoms. The van der Waals surface area contributed by atoms with Gasteiger partial charge in [0.2, 0.25) is 0 Å². The van der Waals surface area contributed by atoms with E-state index in [4.69, 9.17) is 0 Å². The Hall–Kier alpha value is -0.260. The molecule has 3 aliphatic carbocycles. The zero-order valence-corrected chi connectivity index (χ0v) is 6.22. The zero-order valence-electron chi connectivity index (χ0n) is 6.22. The fourth-order valence-electron chi connectivity index (χ4n) is 2.19. The number of rotatable bonds is 0. The van der Waals surface area contributed by atoms with Crippen molar-refractivity contribution in [1.29, 1.82) is 0 Å². The van der Waals surface area contributed by atoms with Gasteiger partial charge in [0.05, 0.1) is 0 Å². The molecular weight excluding hydrogens is 108 g/mol. The van der Waals surface area contributed by atoms with Crippen LogP contribution in [0.4, 0.5) is 0 Å². The van der Waals surface area contributed by atoms with Crippen LogP contribution in [0.25, 0.3) is 0 Å². The maximum atomic E-state index is 2.40. The van der Waals surface area contributed by atoms with Crippen molar-refractivity contribution in [1.82, 2.24) is 0 Å². The maximum absolute atomic E-state index is 2.40. The van der Waals surface area contributed by atoms with E-state index in [1.54, 1.807) is 0 Å². The molecule has 3 rings (SSSR count). The molecule has 0 spiro atoms. The first-order valence-corrected chi connectivity index (χ1v) is 3.88. The Morgan fingerprint density at radius 2 is 2.22 bits per heavy atom. The predicted octanol–water partition coefficient (Wildman–Crippen LogP) is 2.61. The maximum Gasteiger partial charge on any atom is -0.0176 e. The first-order valence-electron chi connectivity index (χ1n) is 3.88. The first-order chi connectivity index (χ1) is 4.21. The molecule has 3 aliphatic rings. The van der Waals surface area contributed by atoms with Crippen molar-refractivity contribution < 1.29 is 0 Å². The topological polar surface area (TPSA) is 0 Å². The number of hydrogen-bond donors (Lipinski definition) is 0. The van der Waals surface area contributed by atoms with E-state index < -0.39 is 0 Å². The summed E-state index contributed by atoms with van der Waals surface area (Å²) in [5.41, 5.74) is 0.648. The molecule has 0 nitrogen and oxygen atoms in total. The van der Waals surface area contributed by atoms with Crippen molar-refractivity contribution in [2.45, 2.75) is 26.7 Å². The smallest absolute Gasteiger partial charge is 0.0176 e. The number of fused-ring (bicyclic) bond motifs is 1. The average molecular weight is 122 g/mol. The van der Waals surface area contributed by atoms with Gasteiger partial charge in [-0.3, -0.25) is 0 Å². The largest absolute Gasteiger partial charge is 0.0879 e. The van der Waals surface area contributed by atoms with E-state index in [1.807, 2.05) is 0 Å². The second kappa shape index (κ2) is 1.42. The van der Waals surface area contributed by atoms with E-state index in [-0.39, 0.29) is 0 Å². The minimum absolute atomic E-state index is 0.648. The summed E-state index contributed by atoms with van der Waals surface area (Å²) in [6.07, 6.45) is 7.55. The second-order valence-corrected chi connectivity index (χ2v) is 4.02. The Morgan fingerprint density at radius 1 is 1.44 bits per heavy atom. The molecule has 2 atom stereocenters. The van der Waals surface area contributed by atoms with Crippen molar-refractivity contribution in [3.8, 4) is 0 Å². The van der Waals surface area contributed by atoms with Crippen LogP contribution >= 0.6 is 0 Å². The fraction of sp³-hybridized carbons (Fsp3) is 0.778. The molecule has 0 aromatic carbocycles. The lowest BCUT2D eigenvalue weighted by atomic mass is 9.51. The molecule has 1 fully saturated rings. The van der Waals surface area contributed by atoms with Gasteiger partial charge in [0, 0.05) is 0 Å². The average Bonchev–Trinajstić information content (AvgIpc) is 1.89. The minimum Gasteiger partial charge on any atom is -0.0879 e. The van der Waals surface area contributed by atoms with Gasteiger partial charge < -0.3 is 0 Å². The van der Waals surface area contributed by atoms with Gasteiger partial charge in [-0.15, -0.1) is 0 Å². The molecule has 1 unspecified atom stereocenters. The lowest BCUT2D eigenvalue weighted by molar-refractivity contribution is 0.00320. The van der Waals surface area contributed by atoms with Gasteiger partial charge >= 0.3 is 0 Å². The monoisotopic (exact) mass is 122 g/mol. The van der Waals surface area contributed by atoms with Crippen LogP contribution in [0.1, 0.15) is 26.7 Å². The van der Waals surface area contributed by atoms with E-state index in [2.05, 4.69) is 26.0 Å². The van der Waals surface area contributed by atoms with Gasteiger partial charge in [-0.2, -0.15) is 0 Å². The normalized spacial score (nSPS) is 44.2. The quantitative estimate of drug-likeness (QED) is 0.433. The zero-order chi connectivity index (χ0) is 6.48. The third kappa shape index (κ3) is 0.540. The third-order valence-corrected chi connectivity index (χ3v) is 3.34. The van der Waals surface area contributed by atoms with Crippen LogP contribution < -0.4 is 0 Å². The molecule has 9 heavy (non-hydrogen) atoms. The van der Waals surface area contributed by atoms with Crippen molar-refractivity contribution in [2.75, 3.05) is 0 Å². The van der Waals surface area contributed by atoms with Gasteiger partial charge in [-0.05, 0) is 30.1 Å². The van der Waals surface area contributed by atoms with E-state index in [0.717, 1.165) is 11.8 Å². The molecule has 0 saturated heterocycles. The van der Waals surface area contributed by atoms with Crippen LogP contribution in [0.3, 0.4) is 0 Å². The Balaban J connectivity index is 2.27. The van der Waals surface area contributed by atoms with Crippen molar-refractivity contribution in [2.24, 2.45) is 17.3 Å². The first kappa shape index (κ1) is 5.52. The SMILES string of the molecule is CC1(C)C2CC=C[C@@H]1C2. The highest BCUT2D eigenvalue weighted by Gasteiger charge is 2.47. The van der Waals surface area contributed by atoms with Gasteiger partial charge in [-0.1, -0.05) is 26.0 Å². The lowest BCUT2D eigenvalue weighted by Gasteiger charge is -2.53. The molecule has 0 heteroatoms. The highest BCUT2D eigenvalue weighted by atomic mass is 14.5. The minimum atomic E-state index is 0.648. The van der Waals surface area contributed by atoms with Gasteiger partial charge in [0.1, 0.15) is 0 Å². The third-order valence-electron chi connectivity index (χ3n) is 3.34. The van der Waals surface area contributed by atoms with Gasteiger partial charge in [0.25, 0.3) is 0 Å². The van der Waals surface area contributed by atoms with E-state index in [9.17, 15) is 0 Å². The number of allylic oxidation sites excluding steroid dienone is 2. The number of hydrogen-bond acceptors (Lipinski definition) is 0. The van der Waals surface area contributed by atoms with Crippen LogP contribution in [0.2, 0.25) is 0 Å². The summed E-state index contributed by atoms with van der Waals surface area (Å²) in [5.74, 6) is 1.92. The molecule has 0 aromatic heterocycles. The van der Waals surface area contributed by atoms with Crippen LogP contribution in [-0.2, 0) is 0 Å².